The van der Waals surface area contributed by atoms with Gasteiger partial charge in [-0.05, 0) is 31.0 Å². The highest BCUT2D eigenvalue weighted by molar-refractivity contribution is 9.10. The van der Waals surface area contributed by atoms with Gasteiger partial charge in [-0.2, -0.15) is 5.26 Å². The lowest BCUT2D eigenvalue weighted by Gasteiger charge is -2.34. The van der Waals surface area contributed by atoms with Crippen LogP contribution in [0.2, 0.25) is 0 Å². The van der Waals surface area contributed by atoms with Crippen molar-refractivity contribution >= 4 is 27.6 Å². The number of nitrogens with zero attached hydrogens (tertiary/aromatic N) is 2. The summed E-state index contributed by atoms with van der Waals surface area (Å²) >= 11 is 3.44. The van der Waals surface area contributed by atoms with Gasteiger partial charge in [-0.3, -0.25) is 4.79 Å². The number of ether oxygens (including phenoxy) is 1. The van der Waals surface area contributed by atoms with E-state index in [-0.39, 0.29) is 19.1 Å². The highest BCUT2D eigenvalue weighted by atomic mass is 79.9. The summed E-state index contributed by atoms with van der Waals surface area (Å²) in [6, 6.07) is 7.86. The highest BCUT2D eigenvalue weighted by Gasteiger charge is 2.21. The van der Waals surface area contributed by atoms with Gasteiger partial charge < -0.3 is 14.7 Å². The molecule has 5 nitrogen and oxygen atoms in total. The molecule has 0 aromatic heterocycles. The molecule has 0 atom stereocenters. The Morgan fingerprint density at radius 3 is 2.81 bits per heavy atom. The van der Waals surface area contributed by atoms with Crippen LogP contribution in [0.5, 0.6) is 0 Å². The number of aliphatic carboxylic acids is 1. The summed E-state index contributed by atoms with van der Waals surface area (Å²) in [5, 5.41) is 17.8. The van der Waals surface area contributed by atoms with Crippen LogP contribution in [-0.4, -0.2) is 36.9 Å². The average Bonchev–Trinajstić information content (AvgIpc) is 2.47. The Morgan fingerprint density at radius 1 is 1.48 bits per heavy atom. The topological polar surface area (TPSA) is 73.6 Å². The Labute approximate surface area is 132 Å². The van der Waals surface area contributed by atoms with Gasteiger partial charge in [0.25, 0.3) is 0 Å². The number of anilines is 1. The fourth-order valence-electron chi connectivity index (χ4n) is 2.44. The first kappa shape index (κ1) is 15.8. The summed E-state index contributed by atoms with van der Waals surface area (Å²) in [5.41, 5.74) is 1.61. The molecule has 0 unspecified atom stereocenters. The van der Waals surface area contributed by atoms with Crippen LogP contribution in [-0.2, 0) is 9.53 Å². The summed E-state index contributed by atoms with van der Waals surface area (Å²) in [6.45, 7) is 1.88. The van der Waals surface area contributed by atoms with Crippen molar-refractivity contribution in [3.8, 4) is 6.07 Å². The van der Waals surface area contributed by atoms with E-state index >= 15 is 0 Å². The van der Waals surface area contributed by atoms with Crippen LogP contribution < -0.4 is 4.90 Å². The zero-order valence-electron chi connectivity index (χ0n) is 11.6. The maximum absolute atomic E-state index is 10.5. The minimum absolute atomic E-state index is 0.0461. The predicted octanol–water partition coefficient (Wildman–Crippen LogP) is 2.78. The van der Waals surface area contributed by atoms with E-state index in [2.05, 4.69) is 26.9 Å². The summed E-state index contributed by atoms with van der Waals surface area (Å²) in [4.78, 5) is 12.6. The first-order valence-corrected chi connectivity index (χ1v) is 7.67. The zero-order valence-corrected chi connectivity index (χ0v) is 13.2. The van der Waals surface area contributed by atoms with E-state index in [9.17, 15) is 10.1 Å². The van der Waals surface area contributed by atoms with Crippen molar-refractivity contribution in [2.24, 2.45) is 0 Å². The van der Waals surface area contributed by atoms with Gasteiger partial charge in [-0.15, -0.1) is 0 Å². The third kappa shape index (κ3) is 4.45. The number of carboxylic acid groups (broad SMARTS) is 1. The van der Waals surface area contributed by atoms with Gasteiger partial charge in [0, 0.05) is 17.6 Å². The van der Waals surface area contributed by atoms with Crippen LogP contribution in [0.1, 0.15) is 24.8 Å². The Balaban J connectivity index is 1.91. The number of benzene rings is 1. The maximum atomic E-state index is 10.5. The maximum Gasteiger partial charge on any atom is 0.305 e. The van der Waals surface area contributed by atoms with Crippen molar-refractivity contribution in [1.29, 1.82) is 5.26 Å². The molecule has 112 valence electrons. The predicted molar refractivity (Wildman–Crippen MR) is 82.3 cm³/mol. The Morgan fingerprint density at radius 2 is 2.19 bits per heavy atom. The minimum atomic E-state index is -0.833. The van der Waals surface area contributed by atoms with E-state index in [1.54, 1.807) is 0 Å². The standard InChI is InChI=1S/C15H17BrN2O3/c16-12-2-1-11(10-17)14(9-12)18-6-3-13(4-7-18)21-8-5-15(19)20/h1-2,9,13H,3-8H2,(H,19,20). The molecule has 21 heavy (non-hydrogen) atoms. The van der Waals surface area contributed by atoms with Crippen molar-refractivity contribution < 1.29 is 14.6 Å². The summed E-state index contributed by atoms with van der Waals surface area (Å²) in [6.07, 6.45) is 1.84. The van der Waals surface area contributed by atoms with Crippen LogP contribution in [0.25, 0.3) is 0 Å². The number of halogens is 1. The summed E-state index contributed by atoms with van der Waals surface area (Å²) in [5.74, 6) is -0.833. The normalized spacial score (nSPS) is 15.7. The van der Waals surface area contributed by atoms with E-state index < -0.39 is 5.97 Å². The lowest BCUT2D eigenvalue weighted by molar-refractivity contribution is -0.138. The van der Waals surface area contributed by atoms with Crippen molar-refractivity contribution in [1.82, 2.24) is 0 Å². The number of carboxylic acids is 1. The van der Waals surface area contributed by atoms with Gasteiger partial charge in [-0.1, -0.05) is 15.9 Å². The molecule has 0 aliphatic carbocycles. The molecule has 1 saturated heterocycles. The monoisotopic (exact) mass is 352 g/mol. The van der Waals surface area contributed by atoms with Gasteiger partial charge >= 0.3 is 5.97 Å². The second-order valence-electron chi connectivity index (χ2n) is 4.97. The van der Waals surface area contributed by atoms with E-state index in [1.807, 2.05) is 18.2 Å². The lowest BCUT2D eigenvalue weighted by Crippen LogP contribution is -2.37. The number of hydrogen-bond donors (Lipinski definition) is 1. The third-order valence-corrected chi connectivity index (χ3v) is 4.03. The van der Waals surface area contributed by atoms with Crippen molar-refractivity contribution in [2.75, 3.05) is 24.6 Å². The van der Waals surface area contributed by atoms with Gasteiger partial charge in [0.15, 0.2) is 0 Å². The van der Waals surface area contributed by atoms with Crippen LogP contribution in [0.3, 0.4) is 0 Å². The van der Waals surface area contributed by atoms with Crippen LogP contribution in [0, 0.1) is 11.3 Å². The minimum Gasteiger partial charge on any atom is -0.481 e. The highest BCUT2D eigenvalue weighted by Crippen LogP contribution is 2.28. The van der Waals surface area contributed by atoms with Crippen LogP contribution in [0.15, 0.2) is 22.7 Å². The molecular formula is C15H17BrN2O3. The molecule has 1 aliphatic heterocycles. The van der Waals surface area contributed by atoms with Crippen LogP contribution >= 0.6 is 15.9 Å². The summed E-state index contributed by atoms with van der Waals surface area (Å²) < 4.78 is 6.53. The largest absolute Gasteiger partial charge is 0.481 e. The van der Waals surface area contributed by atoms with Crippen molar-refractivity contribution in [3.63, 3.8) is 0 Å². The van der Waals surface area contributed by atoms with Gasteiger partial charge in [0.1, 0.15) is 6.07 Å². The fraction of sp³-hybridized carbons (Fsp3) is 0.467. The van der Waals surface area contributed by atoms with Gasteiger partial charge in [0.2, 0.25) is 0 Å². The number of piperidine rings is 1. The number of rotatable bonds is 5. The van der Waals surface area contributed by atoms with E-state index in [0.29, 0.717) is 5.56 Å². The number of nitriles is 1. The fourth-order valence-corrected chi connectivity index (χ4v) is 2.79. The van der Waals surface area contributed by atoms with Gasteiger partial charge in [-0.25, -0.2) is 0 Å². The smallest absolute Gasteiger partial charge is 0.305 e. The first-order chi connectivity index (χ1) is 10.1. The average molecular weight is 353 g/mol. The van der Waals surface area contributed by atoms with E-state index in [4.69, 9.17) is 9.84 Å². The molecule has 0 bridgehead atoms. The summed E-state index contributed by atoms with van der Waals surface area (Å²) in [7, 11) is 0. The molecular weight excluding hydrogens is 336 g/mol. The molecule has 2 rings (SSSR count). The first-order valence-electron chi connectivity index (χ1n) is 6.88. The SMILES string of the molecule is N#Cc1ccc(Br)cc1N1CCC(OCCC(=O)O)CC1. The third-order valence-electron chi connectivity index (χ3n) is 3.53. The molecule has 1 aromatic rings. The second kappa shape index (κ2) is 7.43. The number of hydrogen-bond acceptors (Lipinski definition) is 4. The zero-order chi connectivity index (χ0) is 15.2. The molecule has 1 heterocycles. The second-order valence-corrected chi connectivity index (χ2v) is 5.89. The van der Waals surface area contributed by atoms with Crippen molar-refractivity contribution in [3.05, 3.63) is 28.2 Å². The van der Waals surface area contributed by atoms with E-state index in [1.165, 1.54) is 0 Å². The molecule has 0 amide bonds. The molecule has 1 aliphatic rings. The molecule has 1 N–H and O–H groups in total. The molecule has 0 radical (unpaired) electrons. The Hall–Kier alpha value is -1.58. The molecule has 0 saturated carbocycles. The molecule has 1 fully saturated rings. The molecule has 6 heteroatoms. The van der Waals surface area contributed by atoms with Crippen molar-refractivity contribution in [2.45, 2.75) is 25.4 Å². The molecule has 1 aromatic carbocycles. The Kier molecular flexibility index (Phi) is 5.59. The number of carbonyl (C=O) groups is 1. The van der Waals surface area contributed by atoms with Gasteiger partial charge in [0.05, 0.1) is 30.4 Å². The lowest BCUT2D eigenvalue weighted by atomic mass is 10.1. The van der Waals surface area contributed by atoms with Crippen LogP contribution in [0.4, 0.5) is 5.69 Å². The molecule has 0 spiro atoms. The van der Waals surface area contributed by atoms with E-state index in [0.717, 1.165) is 36.1 Å². The Bertz CT molecular complexity index is 548. The quantitative estimate of drug-likeness (QED) is 0.881.